The van der Waals surface area contributed by atoms with E-state index in [0.29, 0.717) is 13.2 Å². The van der Waals surface area contributed by atoms with E-state index in [9.17, 15) is 0 Å². The fraction of sp³-hybridized carbons (Fsp3) is 0.0588. The number of rotatable bonds is 7. The average Bonchev–Trinajstić information content (AvgIpc) is 3.66. The topological polar surface area (TPSA) is 25.6 Å². The monoisotopic (exact) mass is 481 g/mol. The summed E-state index contributed by atoms with van der Waals surface area (Å²) in [4.78, 5) is 2.27. The molecule has 0 radical (unpaired) electrons. The number of hydrogen-bond donors (Lipinski definition) is 0. The van der Waals surface area contributed by atoms with Crippen LogP contribution in [-0.4, -0.2) is 0 Å². The van der Waals surface area contributed by atoms with Gasteiger partial charge in [0, 0.05) is 23.1 Å². The highest BCUT2D eigenvalue weighted by atomic mass is 16.5. The Morgan fingerprint density at radius 3 is 1.97 bits per heavy atom. The number of anilines is 2. The molecular weight excluding hydrogens is 454 g/mol. The van der Waals surface area contributed by atoms with Gasteiger partial charge in [-0.2, -0.15) is 0 Å². The highest BCUT2D eigenvalue weighted by molar-refractivity contribution is 5.84. The lowest BCUT2D eigenvalue weighted by atomic mass is 9.98. The molecule has 0 N–H and O–H groups in total. The van der Waals surface area contributed by atoms with Crippen molar-refractivity contribution in [2.24, 2.45) is 0 Å². The van der Waals surface area contributed by atoms with E-state index < -0.39 is 0 Å². The lowest BCUT2D eigenvalue weighted by molar-refractivity contribution is 0.134. The summed E-state index contributed by atoms with van der Waals surface area (Å²) in [5.74, 6) is 0.837. The molecule has 0 fully saturated rings. The van der Waals surface area contributed by atoms with Crippen LogP contribution in [0.25, 0.3) is 17.7 Å². The molecule has 1 aromatic heterocycles. The highest BCUT2D eigenvalue weighted by Crippen LogP contribution is 2.34. The van der Waals surface area contributed by atoms with Gasteiger partial charge in [-0.1, -0.05) is 84.9 Å². The summed E-state index contributed by atoms with van der Waals surface area (Å²) >= 11 is 0. The molecule has 2 heterocycles. The molecule has 4 aromatic carbocycles. The predicted octanol–water partition coefficient (Wildman–Crippen LogP) is 8.71. The van der Waals surface area contributed by atoms with Crippen molar-refractivity contribution in [2.75, 3.05) is 4.90 Å². The Balaban J connectivity index is 1.44. The van der Waals surface area contributed by atoms with Crippen molar-refractivity contribution in [3.05, 3.63) is 161 Å². The molecule has 0 unspecified atom stereocenters. The first kappa shape index (κ1) is 22.8. The van der Waals surface area contributed by atoms with Crippen LogP contribution < -0.4 is 4.90 Å². The Bertz CT molecular complexity index is 1480. The fourth-order valence-electron chi connectivity index (χ4n) is 4.60. The van der Waals surface area contributed by atoms with Crippen LogP contribution in [-0.2, 0) is 18.0 Å². The first-order valence-electron chi connectivity index (χ1n) is 12.5. The molecule has 5 aromatic rings. The molecule has 3 nitrogen and oxygen atoms in total. The minimum absolute atomic E-state index is 0.654. The third-order valence-corrected chi connectivity index (χ3v) is 6.57. The first-order valence-corrected chi connectivity index (χ1v) is 12.5. The average molecular weight is 482 g/mol. The summed E-state index contributed by atoms with van der Waals surface area (Å²) in [6, 6.07) is 40.2. The van der Waals surface area contributed by atoms with E-state index >= 15 is 0 Å². The maximum absolute atomic E-state index is 5.70. The van der Waals surface area contributed by atoms with Gasteiger partial charge in [-0.3, -0.25) is 0 Å². The molecule has 1 aliphatic heterocycles. The Morgan fingerprint density at radius 1 is 0.622 bits per heavy atom. The molecule has 0 saturated carbocycles. The van der Waals surface area contributed by atoms with Gasteiger partial charge in [-0.15, -0.1) is 0 Å². The van der Waals surface area contributed by atoms with E-state index in [1.54, 1.807) is 6.26 Å². The van der Waals surface area contributed by atoms with E-state index in [2.05, 4.69) is 120 Å². The highest BCUT2D eigenvalue weighted by Gasteiger charge is 2.16. The third-order valence-electron chi connectivity index (χ3n) is 6.57. The van der Waals surface area contributed by atoms with Crippen LogP contribution in [0.2, 0.25) is 0 Å². The van der Waals surface area contributed by atoms with Gasteiger partial charge in [0.1, 0.15) is 5.76 Å². The standard InChI is InChI=1S/C34H27NO2/c1-3-8-27(9-4-1)34(28-10-5-2-6-11-28)23-35(32-19-16-29-24-36-25-30(29)22-32)31-17-13-26(14-18-31)15-20-33-12-7-21-37-33/h1-23H,24-25H2. The van der Waals surface area contributed by atoms with Crippen molar-refractivity contribution in [1.82, 2.24) is 0 Å². The van der Waals surface area contributed by atoms with Crippen LogP contribution in [0.15, 0.2) is 132 Å². The lowest BCUT2D eigenvalue weighted by Gasteiger charge is -2.24. The van der Waals surface area contributed by atoms with Gasteiger partial charge >= 0.3 is 0 Å². The maximum atomic E-state index is 5.70. The third kappa shape index (κ3) is 5.18. The fourth-order valence-corrected chi connectivity index (χ4v) is 4.60. The smallest absolute Gasteiger partial charge is 0.126 e. The number of furan rings is 1. The van der Waals surface area contributed by atoms with Crippen LogP contribution in [0.1, 0.15) is 33.6 Å². The number of nitrogens with zero attached hydrogens (tertiary/aromatic N) is 1. The quantitative estimate of drug-likeness (QED) is 0.232. The second-order valence-corrected chi connectivity index (χ2v) is 9.03. The normalized spacial score (nSPS) is 12.4. The molecular formula is C34H27NO2. The van der Waals surface area contributed by atoms with E-state index in [1.807, 2.05) is 18.2 Å². The number of ether oxygens (including phenoxy) is 1. The van der Waals surface area contributed by atoms with Crippen LogP contribution in [0.4, 0.5) is 11.4 Å². The van der Waals surface area contributed by atoms with E-state index in [1.165, 1.54) is 22.3 Å². The van der Waals surface area contributed by atoms with Crippen molar-refractivity contribution < 1.29 is 9.15 Å². The predicted molar refractivity (Wildman–Crippen MR) is 151 cm³/mol. The Morgan fingerprint density at radius 2 is 1.30 bits per heavy atom. The summed E-state index contributed by atoms with van der Waals surface area (Å²) in [5, 5.41) is 0. The number of hydrogen-bond acceptors (Lipinski definition) is 3. The van der Waals surface area contributed by atoms with Crippen LogP contribution in [0.3, 0.4) is 0 Å². The molecule has 1 aliphatic rings. The zero-order valence-corrected chi connectivity index (χ0v) is 20.5. The molecule has 3 heteroatoms. The lowest BCUT2D eigenvalue weighted by Crippen LogP contribution is -2.11. The van der Waals surface area contributed by atoms with Gasteiger partial charge in [0.25, 0.3) is 0 Å². The largest absolute Gasteiger partial charge is 0.465 e. The zero-order chi connectivity index (χ0) is 24.9. The summed E-state index contributed by atoms with van der Waals surface area (Å²) in [6.07, 6.45) is 7.98. The van der Waals surface area contributed by atoms with E-state index in [-0.39, 0.29) is 0 Å². The van der Waals surface area contributed by atoms with Gasteiger partial charge < -0.3 is 14.1 Å². The Kier molecular flexibility index (Phi) is 6.52. The molecule has 6 rings (SSSR count). The Labute approximate surface area is 217 Å². The van der Waals surface area contributed by atoms with Gasteiger partial charge in [0.15, 0.2) is 0 Å². The van der Waals surface area contributed by atoms with Gasteiger partial charge in [0.05, 0.1) is 19.5 Å². The molecule has 180 valence electrons. The zero-order valence-electron chi connectivity index (χ0n) is 20.5. The van der Waals surface area contributed by atoms with Crippen LogP contribution in [0, 0.1) is 0 Å². The summed E-state index contributed by atoms with van der Waals surface area (Å²) < 4.78 is 11.1. The van der Waals surface area contributed by atoms with Gasteiger partial charge in [-0.25, -0.2) is 0 Å². The van der Waals surface area contributed by atoms with Crippen molar-refractivity contribution in [1.29, 1.82) is 0 Å². The van der Waals surface area contributed by atoms with E-state index in [4.69, 9.17) is 9.15 Å². The number of benzene rings is 4. The second kappa shape index (κ2) is 10.6. The summed E-state index contributed by atoms with van der Waals surface area (Å²) in [5.41, 5.74) is 9.29. The van der Waals surface area contributed by atoms with Crippen molar-refractivity contribution in [2.45, 2.75) is 13.2 Å². The van der Waals surface area contributed by atoms with Crippen molar-refractivity contribution in [3.63, 3.8) is 0 Å². The Hall–Kier alpha value is -4.60. The molecule has 0 atom stereocenters. The van der Waals surface area contributed by atoms with Crippen molar-refractivity contribution in [3.8, 4) is 0 Å². The second-order valence-electron chi connectivity index (χ2n) is 9.03. The van der Waals surface area contributed by atoms with Crippen LogP contribution >= 0.6 is 0 Å². The summed E-state index contributed by atoms with van der Waals surface area (Å²) in [6.45, 7) is 1.34. The first-order chi connectivity index (χ1) is 18.3. The maximum Gasteiger partial charge on any atom is 0.126 e. The van der Waals surface area contributed by atoms with Crippen molar-refractivity contribution >= 4 is 29.1 Å². The molecule has 0 spiro atoms. The summed E-state index contributed by atoms with van der Waals surface area (Å²) in [7, 11) is 0. The minimum Gasteiger partial charge on any atom is -0.465 e. The molecule has 0 amide bonds. The SMILES string of the molecule is C(=Cc1ccco1)c1ccc(N(C=C(c2ccccc2)c2ccccc2)c2ccc3c(c2)COC3)cc1. The number of fused-ring (bicyclic) bond motifs is 1. The van der Waals surface area contributed by atoms with Crippen LogP contribution in [0.5, 0.6) is 0 Å². The molecule has 0 aliphatic carbocycles. The van der Waals surface area contributed by atoms with E-state index in [0.717, 1.165) is 28.3 Å². The molecule has 0 saturated heterocycles. The molecule has 0 bridgehead atoms. The van der Waals surface area contributed by atoms with Gasteiger partial charge in [-0.05, 0) is 70.3 Å². The minimum atomic E-state index is 0.654. The molecule has 37 heavy (non-hydrogen) atoms. The van der Waals surface area contributed by atoms with Gasteiger partial charge in [0.2, 0.25) is 0 Å².